The van der Waals surface area contributed by atoms with E-state index in [9.17, 15) is 0 Å². The second-order valence-corrected chi connectivity index (χ2v) is 6.30. The molecule has 0 spiro atoms. The van der Waals surface area contributed by atoms with Crippen LogP contribution in [0.4, 0.5) is 0 Å². The Kier molecular flexibility index (Phi) is 3.78. The Hall–Kier alpha value is -1.00. The van der Waals surface area contributed by atoms with E-state index in [1.54, 1.807) is 6.07 Å². The van der Waals surface area contributed by atoms with E-state index in [0.717, 1.165) is 21.0 Å². The number of nitrogens with two attached hydrogens (primary N) is 1. The summed E-state index contributed by atoms with van der Waals surface area (Å²) in [6.07, 6.45) is 0. The summed E-state index contributed by atoms with van der Waals surface area (Å²) in [6.45, 7) is 0. The molecule has 0 saturated heterocycles. The van der Waals surface area contributed by atoms with Gasteiger partial charge in [-0.15, -0.1) is 0 Å². The van der Waals surface area contributed by atoms with E-state index >= 15 is 0 Å². The zero-order chi connectivity index (χ0) is 14.3. The molecule has 0 aliphatic heterocycles. The van der Waals surface area contributed by atoms with Crippen molar-refractivity contribution in [2.75, 3.05) is 0 Å². The topological polar surface area (TPSA) is 39.2 Å². The van der Waals surface area contributed by atoms with Gasteiger partial charge >= 0.3 is 0 Å². The minimum atomic E-state index is -0.379. The molecule has 1 heterocycles. The van der Waals surface area contributed by atoms with Crippen LogP contribution in [0.5, 0.6) is 0 Å². The van der Waals surface area contributed by atoms with Gasteiger partial charge in [-0.25, -0.2) is 0 Å². The number of rotatable bonds is 2. The molecule has 1 unspecified atom stereocenters. The minimum absolute atomic E-state index is 0.379. The quantitative estimate of drug-likeness (QED) is 0.642. The molecule has 2 aromatic carbocycles. The molecule has 2 nitrogen and oxygen atoms in total. The van der Waals surface area contributed by atoms with Crippen LogP contribution in [0.2, 0.25) is 10.0 Å². The summed E-state index contributed by atoms with van der Waals surface area (Å²) in [4.78, 5) is 0. The number of halogens is 3. The normalized spacial score (nSPS) is 12.8. The zero-order valence-corrected chi connectivity index (χ0v) is 13.3. The van der Waals surface area contributed by atoms with Gasteiger partial charge in [-0.3, -0.25) is 0 Å². The molecule has 3 rings (SSSR count). The highest BCUT2D eigenvalue weighted by Gasteiger charge is 2.15. The first-order chi connectivity index (χ1) is 9.52. The first-order valence-electron chi connectivity index (χ1n) is 5.93. The fourth-order valence-electron chi connectivity index (χ4n) is 2.11. The van der Waals surface area contributed by atoms with Crippen molar-refractivity contribution in [2.45, 2.75) is 6.04 Å². The van der Waals surface area contributed by atoms with Gasteiger partial charge in [0.15, 0.2) is 0 Å². The van der Waals surface area contributed by atoms with Crippen molar-refractivity contribution < 1.29 is 4.42 Å². The van der Waals surface area contributed by atoms with Crippen molar-refractivity contribution in [3.05, 3.63) is 68.3 Å². The van der Waals surface area contributed by atoms with Gasteiger partial charge in [0.05, 0.1) is 6.04 Å². The summed E-state index contributed by atoms with van der Waals surface area (Å²) >= 11 is 15.4. The summed E-state index contributed by atoms with van der Waals surface area (Å²) in [7, 11) is 0. The summed E-state index contributed by atoms with van der Waals surface area (Å²) in [5.74, 6) is 0.677. The maximum absolute atomic E-state index is 6.25. The highest BCUT2D eigenvalue weighted by Crippen LogP contribution is 2.31. The molecule has 0 fully saturated rings. The minimum Gasteiger partial charge on any atom is -0.459 e. The third-order valence-corrected chi connectivity index (χ3v) is 3.96. The van der Waals surface area contributed by atoms with Crippen LogP contribution in [0.3, 0.4) is 0 Å². The van der Waals surface area contributed by atoms with Crippen molar-refractivity contribution in [3.63, 3.8) is 0 Å². The Morgan fingerprint density at radius 3 is 2.55 bits per heavy atom. The summed E-state index contributed by atoms with van der Waals surface area (Å²) < 4.78 is 6.66. The second-order valence-electron chi connectivity index (χ2n) is 4.51. The van der Waals surface area contributed by atoms with Gasteiger partial charge in [-0.05, 0) is 48.0 Å². The number of furan rings is 1. The van der Waals surface area contributed by atoms with Gasteiger partial charge in [-0.1, -0.05) is 39.1 Å². The predicted octanol–water partition coefficient (Wildman–Crippen LogP) is 5.55. The van der Waals surface area contributed by atoms with Crippen molar-refractivity contribution in [3.8, 4) is 0 Å². The first kappa shape index (κ1) is 14.0. The molecular formula is C15H10BrCl2NO. The molecule has 0 radical (unpaired) electrons. The van der Waals surface area contributed by atoms with Gasteiger partial charge in [0.2, 0.25) is 0 Å². The predicted molar refractivity (Wildman–Crippen MR) is 86.4 cm³/mol. The largest absolute Gasteiger partial charge is 0.459 e. The summed E-state index contributed by atoms with van der Waals surface area (Å²) in [5, 5.41) is 2.23. The van der Waals surface area contributed by atoms with Crippen LogP contribution in [0.15, 0.2) is 51.4 Å². The Bertz CT molecular complexity index is 764. The molecule has 20 heavy (non-hydrogen) atoms. The van der Waals surface area contributed by atoms with Gasteiger partial charge in [-0.2, -0.15) is 0 Å². The van der Waals surface area contributed by atoms with Gasteiger partial charge in [0, 0.05) is 19.9 Å². The lowest BCUT2D eigenvalue weighted by molar-refractivity contribution is 0.525. The lowest BCUT2D eigenvalue weighted by Gasteiger charge is -2.10. The van der Waals surface area contributed by atoms with Gasteiger partial charge in [0.1, 0.15) is 11.3 Å². The summed E-state index contributed by atoms with van der Waals surface area (Å²) in [6, 6.07) is 12.6. The van der Waals surface area contributed by atoms with Gasteiger partial charge < -0.3 is 10.2 Å². The Balaban J connectivity index is 2.05. The lowest BCUT2D eigenvalue weighted by atomic mass is 10.1. The van der Waals surface area contributed by atoms with E-state index in [0.29, 0.717) is 15.8 Å². The highest BCUT2D eigenvalue weighted by molar-refractivity contribution is 9.10. The molecule has 1 aromatic heterocycles. The number of fused-ring (bicyclic) bond motifs is 1. The molecule has 0 aliphatic carbocycles. The smallest absolute Gasteiger partial charge is 0.134 e. The third-order valence-electron chi connectivity index (χ3n) is 3.05. The Labute approximate surface area is 134 Å². The number of hydrogen-bond acceptors (Lipinski definition) is 2. The van der Waals surface area contributed by atoms with Crippen LogP contribution in [0.1, 0.15) is 17.4 Å². The number of hydrogen-bond donors (Lipinski definition) is 1. The Morgan fingerprint density at radius 1 is 1.00 bits per heavy atom. The highest BCUT2D eigenvalue weighted by atomic mass is 79.9. The Morgan fingerprint density at radius 2 is 1.80 bits per heavy atom. The molecule has 5 heteroatoms. The molecule has 0 saturated carbocycles. The van der Waals surface area contributed by atoms with E-state index in [-0.39, 0.29) is 6.04 Å². The van der Waals surface area contributed by atoms with Crippen molar-refractivity contribution in [1.29, 1.82) is 0 Å². The van der Waals surface area contributed by atoms with Crippen LogP contribution in [0, 0.1) is 0 Å². The monoisotopic (exact) mass is 369 g/mol. The molecule has 2 N–H and O–H groups in total. The lowest BCUT2D eigenvalue weighted by Crippen LogP contribution is -2.10. The molecular weight excluding hydrogens is 361 g/mol. The zero-order valence-electron chi connectivity index (χ0n) is 10.2. The fourth-order valence-corrected chi connectivity index (χ4v) is 3.17. The number of benzene rings is 2. The van der Waals surface area contributed by atoms with Crippen molar-refractivity contribution in [2.24, 2.45) is 5.73 Å². The van der Waals surface area contributed by atoms with Crippen molar-refractivity contribution in [1.82, 2.24) is 0 Å². The standard InChI is InChI=1S/C15H10BrCl2NO/c16-10-3-9(5-12(18)7-10)15(19)14-6-8-4-11(17)1-2-13(8)20-14/h1-7,15H,19H2. The maximum Gasteiger partial charge on any atom is 0.134 e. The van der Waals surface area contributed by atoms with E-state index in [4.69, 9.17) is 33.4 Å². The average molecular weight is 371 g/mol. The van der Waals surface area contributed by atoms with Crippen molar-refractivity contribution >= 4 is 50.1 Å². The average Bonchev–Trinajstić information content (AvgIpc) is 2.79. The summed E-state index contributed by atoms with van der Waals surface area (Å²) in [5.41, 5.74) is 7.90. The van der Waals surface area contributed by atoms with E-state index in [1.165, 1.54) is 0 Å². The molecule has 1 atom stereocenters. The van der Waals surface area contributed by atoms with Crippen LogP contribution < -0.4 is 5.73 Å². The van der Waals surface area contributed by atoms with Crippen LogP contribution >= 0.6 is 39.1 Å². The van der Waals surface area contributed by atoms with Crippen LogP contribution in [0.25, 0.3) is 11.0 Å². The van der Waals surface area contributed by atoms with E-state index in [1.807, 2.05) is 36.4 Å². The van der Waals surface area contributed by atoms with Gasteiger partial charge in [0.25, 0.3) is 0 Å². The molecule has 0 bridgehead atoms. The van der Waals surface area contributed by atoms with E-state index in [2.05, 4.69) is 15.9 Å². The fraction of sp³-hybridized carbons (Fsp3) is 0.0667. The second kappa shape index (κ2) is 5.41. The van der Waals surface area contributed by atoms with Crippen LogP contribution in [-0.2, 0) is 0 Å². The van der Waals surface area contributed by atoms with Crippen LogP contribution in [-0.4, -0.2) is 0 Å². The molecule has 0 aliphatic rings. The molecule has 102 valence electrons. The molecule has 0 amide bonds. The SMILES string of the molecule is NC(c1cc(Cl)cc(Br)c1)c1cc2cc(Cl)ccc2o1. The third kappa shape index (κ3) is 2.72. The maximum atomic E-state index is 6.25. The first-order valence-corrected chi connectivity index (χ1v) is 7.48. The van der Waals surface area contributed by atoms with E-state index < -0.39 is 0 Å². The molecule has 3 aromatic rings.